The van der Waals surface area contributed by atoms with Gasteiger partial charge in [-0.2, -0.15) is 0 Å². The average Bonchev–Trinajstić information content (AvgIpc) is 2.59. The van der Waals surface area contributed by atoms with E-state index in [9.17, 15) is 24.3 Å². The zero-order valence-electron chi connectivity index (χ0n) is 12.0. The molecule has 4 N–H and O–H groups in total. The van der Waals surface area contributed by atoms with Crippen molar-refractivity contribution in [1.82, 2.24) is 15.5 Å². The van der Waals surface area contributed by atoms with E-state index in [1.165, 1.54) is 6.92 Å². The van der Waals surface area contributed by atoms with E-state index in [0.29, 0.717) is 6.42 Å². The Labute approximate surface area is 121 Å². The van der Waals surface area contributed by atoms with Gasteiger partial charge in [-0.1, -0.05) is 6.92 Å². The van der Waals surface area contributed by atoms with E-state index in [2.05, 4.69) is 10.6 Å². The maximum Gasteiger partial charge on any atom is 0.328 e. The number of aliphatic hydroxyl groups is 1. The molecule has 9 nitrogen and oxygen atoms in total. The molecular weight excluding hydrogens is 282 g/mol. The summed E-state index contributed by atoms with van der Waals surface area (Å²) >= 11 is 0. The summed E-state index contributed by atoms with van der Waals surface area (Å²) < 4.78 is 0. The van der Waals surface area contributed by atoms with Crippen LogP contribution in [0.4, 0.5) is 4.79 Å². The summed E-state index contributed by atoms with van der Waals surface area (Å²) in [5.41, 5.74) is -1.06. The molecular formula is C12H19N3O6. The summed E-state index contributed by atoms with van der Waals surface area (Å²) in [5.74, 6) is -2.80. The van der Waals surface area contributed by atoms with Gasteiger partial charge in [0, 0.05) is 0 Å². The number of nitrogens with zero attached hydrogens (tertiary/aromatic N) is 1. The Morgan fingerprint density at radius 2 is 2.00 bits per heavy atom. The first-order valence-electron chi connectivity index (χ1n) is 6.46. The number of carboxylic acids is 1. The average molecular weight is 301 g/mol. The summed E-state index contributed by atoms with van der Waals surface area (Å²) in [4.78, 5) is 47.1. The zero-order valence-corrected chi connectivity index (χ0v) is 12.0. The SMILES string of the molecule is CCC1(C)NC(=O)N(CC(=O)NC(C(=O)O)C(C)O)C1=O. The molecule has 21 heavy (non-hydrogen) atoms. The van der Waals surface area contributed by atoms with Crippen molar-refractivity contribution >= 4 is 23.8 Å². The first kappa shape index (κ1) is 16.9. The predicted molar refractivity (Wildman–Crippen MR) is 70.2 cm³/mol. The molecule has 4 amide bonds. The van der Waals surface area contributed by atoms with E-state index in [1.54, 1.807) is 13.8 Å². The highest BCUT2D eigenvalue weighted by Gasteiger charge is 2.47. The third-order valence-electron chi connectivity index (χ3n) is 3.42. The monoisotopic (exact) mass is 301 g/mol. The Morgan fingerprint density at radius 3 is 2.38 bits per heavy atom. The number of carbonyl (C=O) groups is 4. The van der Waals surface area contributed by atoms with Crippen molar-refractivity contribution in [2.24, 2.45) is 0 Å². The van der Waals surface area contributed by atoms with Gasteiger partial charge in [0.25, 0.3) is 5.91 Å². The van der Waals surface area contributed by atoms with Gasteiger partial charge in [0.05, 0.1) is 6.10 Å². The standard InChI is InChI=1S/C12H19N3O6/c1-4-12(3)10(20)15(11(21)14-12)5-7(17)13-8(6(2)16)9(18)19/h6,8,16H,4-5H2,1-3H3,(H,13,17)(H,14,21)(H,18,19). The molecule has 0 radical (unpaired) electrons. The largest absolute Gasteiger partial charge is 0.480 e. The van der Waals surface area contributed by atoms with Gasteiger partial charge in [-0.05, 0) is 20.3 Å². The van der Waals surface area contributed by atoms with Crippen molar-refractivity contribution in [1.29, 1.82) is 0 Å². The molecule has 0 spiro atoms. The van der Waals surface area contributed by atoms with E-state index in [4.69, 9.17) is 5.11 Å². The number of carbonyl (C=O) groups excluding carboxylic acids is 3. The molecule has 3 atom stereocenters. The number of hydrogen-bond donors (Lipinski definition) is 4. The fraction of sp³-hybridized carbons (Fsp3) is 0.667. The fourth-order valence-corrected chi connectivity index (χ4v) is 1.88. The summed E-state index contributed by atoms with van der Waals surface area (Å²) in [7, 11) is 0. The Balaban J connectivity index is 2.73. The van der Waals surface area contributed by atoms with Crippen LogP contribution in [0.25, 0.3) is 0 Å². The van der Waals surface area contributed by atoms with Gasteiger partial charge in [0.2, 0.25) is 5.91 Å². The van der Waals surface area contributed by atoms with Crippen LogP contribution in [-0.2, 0) is 14.4 Å². The maximum absolute atomic E-state index is 12.1. The van der Waals surface area contributed by atoms with Crippen LogP contribution in [0.5, 0.6) is 0 Å². The van der Waals surface area contributed by atoms with Crippen molar-refractivity contribution in [3.63, 3.8) is 0 Å². The second-order valence-corrected chi connectivity index (χ2v) is 5.13. The van der Waals surface area contributed by atoms with Crippen molar-refractivity contribution in [2.75, 3.05) is 6.54 Å². The van der Waals surface area contributed by atoms with Crippen LogP contribution in [0.15, 0.2) is 0 Å². The van der Waals surface area contributed by atoms with Gasteiger partial charge in [-0.25, -0.2) is 9.59 Å². The molecule has 1 saturated heterocycles. The van der Waals surface area contributed by atoms with Crippen molar-refractivity contribution < 1.29 is 29.4 Å². The van der Waals surface area contributed by atoms with E-state index in [0.717, 1.165) is 4.90 Å². The minimum Gasteiger partial charge on any atom is -0.480 e. The Hall–Kier alpha value is -2.16. The highest BCUT2D eigenvalue weighted by atomic mass is 16.4. The van der Waals surface area contributed by atoms with Gasteiger partial charge >= 0.3 is 12.0 Å². The molecule has 0 aromatic rings. The molecule has 1 aliphatic heterocycles. The third-order valence-corrected chi connectivity index (χ3v) is 3.42. The number of amides is 4. The molecule has 118 valence electrons. The first-order valence-corrected chi connectivity index (χ1v) is 6.46. The van der Waals surface area contributed by atoms with Gasteiger partial charge in [0.15, 0.2) is 6.04 Å². The Bertz CT molecular complexity index is 478. The molecule has 1 fully saturated rings. The van der Waals surface area contributed by atoms with Crippen LogP contribution in [0.2, 0.25) is 0 Å². The van der Waals surface area contributed by atoms with E-state index in [1.807, 2.05) is 0 Å². The van der Waals surface area contributed by atoms with Crippen molar-refractivity contribution in [3.05, 3.63) is 0 Å². The van der Waals surface area contributed by atoms with Gasteiger partial charge in [0.1, 0.15) is 12.1 Å². The van der Waals surface area contributed by atoms with Gasteiger partial charge in [-0.15, -0.1) is 0 Å². The lowest BCUT2D eigenvalue weighted by Crippen LogP contribution is -2.51. The van der Waals surface area contributed by atoms with E-state index >= 15 is 0 Å². The third kappa shape index (κ3) is 3.48. The zero-order chi connectivity index (χ0) is 16.4. The summed E-state index contributed by atoms with van der Waals surface area (Å²) in [6, 6.07) is -2.21. The van der Waals surface area contributed by atoms with Crippen LogP contribution in [-0.4, -0.2) is 63.2 Å². The van der Waals surface area contributed by atoms with Crippen LogP contribution >= 0.6 is 0 Å². The minimum absolute atomic E-state index is 0.362. The predicted octanol–water partition coefficient (Wildman–Crippen LogP) is -1.34. The topological polar surface area (TPSA) is 136 Å². The number of aliphatic carboxylic acids is 1. The van der Waals surface area contributed by atoms with E-state index < -0.39 is 48.0 Å². The number of imide groups is 1. The highest BCUT2D eigenvalue weighted by molar-refractivity contribution is 6.08. The fourth-order valence-electron chi connectivity index (χ4n) is 1.88. The number of carboxylic acid groups (broad SMARTS) is 1. The number of aliphatic hydroxyl groups excluding tert-OH is 1. The number of hydrogen-bond acceptors (Lipinski definition) is 5. The van der Waals surface area contributed by atoms with Crippen molar-refractivity contribution in [2.45, 2.75) is 44.9 Å². The first-order chi connectivity index (χ1) is 9.62. The van der Waals surface area contributed by atoms with Crippen molar-refractivity contribution in [3.8, 4) is 0 Å². The minimum atomic E-state index is -1.50. The number of nitrogens with one attached hydrogen (secondary N) is 2. The lowest BCUT2D eigenvalue weighted by atomic mass is 9.99. The normalized spacial score (nSPS) is 24.5. The quantitative estimate of drug-likeness (QED) is 0.448. The van der Waals surface area contributed by atoms with E-state index in [-0.39, 0.29) is 0 Å². The lowest BCUT2D eigenvalue weighted by molar-refractivity contribution is -0.145. The van der Waals surface area contributed by atoms with Gasteiger partial charge < -0.3 is 20.8 Å². The second kappa shape index (κ2) is 6.08. The van der Waals surface area contributed by atoms with Crippen LogP contribution in [0.3, 0.4) is 0 Å². The second-order valence-electron chi connectivity index (χ2n) is 5.13. The lowest BCUT2D eigenvalue weighted by Gasteiger charge is -2.20. The molecule has 1 rings (SSSR count). The molecule has 0 bridgehead atoms. The van der Waals surface area contributed by atoms with Crippen LogP contribution in [0.1, 0.15) is 27.2 Å². The summed E-state index contributed by atoms with van der Waals surface area (Å²) in [6.07, 6.45) is -0.948. The molecule has 0 aromatic heterocycles. The number of rotatable bonds is 6. The molecule has 1 heterocycles. The van der Waals surface area contributed by atoms with Crippen LogP contribution < -0.4 is 10.6 Å². The Kier molecular flexibility index (Phi) is 4.89. The molecule has 0 aromatic carbocycles. The molecule has 0 saturated carbocycles. The smallest absolute Gasteiger partial charge is 0.328 e. The van der Waals surface area contributed by atoms with Gasteiger partial charge in [-0.3, -0.25) is 14.5 Å². The molecule has 3 unspecified atom stereocenters. The highest BCUT2D eigenvalue weighted by Crippen LogP contribution is 2.20. The molecule has 9 heteroatoms. The summed E-state index contributed by atoms with van der Waals surface area (Å²) in [5, 5.41) is 22.6. The maximum atomic E-state index is 12.1. The Morgan fingerprint density at radius 1 is 1.43 bits per heavy atom. The number of urea groups is 1. The molecule has 1 aliphatic rings. The van der Waals surface area contributed by atoms with Crippen LogP contribution in [0, 0.1) is 0 Å². The summed E-state index contributed by atoms with van der Waals surface area (Å²) in [6.45, 7) is 3.87. The molecule has 0 aliphatic carbocycles.